The Morgan fingerprint density at radius 3 is 2.41 bits per heavy atom. The van der Waals surface area contributed by atoms with Crippen molar-refractivity contribution in [3.63, 3.8) is 0 Å². The molecule has 1 heterocycles. The predicted octanol–water partition coefficient (Wildman–Crippen LogP) is 6.94. The minimum Gasteiger partial charge on any atom is -0.462 e. The molecule has 9 atom stereocenters. The summed E-state index contributed by atoms with van der Waals surface area (Å²) in [6, 6.07) is 0. The highest BCUT2D eigenvalue weighted by Gasteiger charge is 2.78. The van der Waals surface area contributed by atoms with Crippen molar-refractivity contribution < 1.29 is 23.8 Å². The van der Waals surface area contributed by atoms with Crippen molar-refractivity contribution >= 4 is 11.9 Å². The molecule has 5 aliphatic rings. The third-order valence-electron chi connectivity index (χ3n) is 11.5. The summed E-state index contributed by atoms with van der Waals surface area (Å²) in [6.07, 6.45) is 8.92. The first-order valence-corrected chi connectivity index (χ1v) is 14.8. The number of ether oxygens (including phenoxy) is 3. The summed E-state index contributed by atoms with van der Waals surface area (Å²) in [4.78, 5) is 24.1. The van der Waals surface area contributed by atoms with Crippen LogP contribution in [0.4, 0.5) is 0 Å². The number of esters is 2. The molecule has 0 aromatic heterocycles. The van der Waals surface area contributed by atoms with Gasteiger partial charge in [0, 0.05) is 25.7 Å². The average molecular weight is 513 g/mol. The van der Waals surface area contributed by atoms with Crippen LogP contribution in [0, 0.1) is 34.5 Å². The van der Waals surface area contributed by atoms with Gasteiger partial charge < -0.3 is 14.2 Å². The zero-order valence-corrected chi connectivity index (χ0v) is 24.2. The van der Waals surface area contributed by atoms with E-state index in [2.05, 4.69) is 41.2 Å². The SMILES string of the molecule is C=C(CC[C@@H](C)[C@H]1CCC2=C3[C@H](OC(C)=O)[C@@H]4O[C@@]45C[C@@H](OC(C)=O)CC[C@]5(C)[C@H]3CC[C@@]21C)C(C)C. The van der Waals surface area contributed by atoms with Gasteiger partial charge in [-0.3, -0.25) is 9.59 Å². The second-order valence-corrected chi connectivity index (χ2v) is 13.8. The van der Waals surface area contributed by atoms with E-state index >= 15 is 0 Å². The number of rotatable bonds is 7. The van der Waals surface area contributed by atoms with Gasteiger partial charge in [-0.25, -0.2) is 0 Å². The lowest BCUT2D eigenvalue weighted by Gasteiger charge is -2.56. The first-order chi connectivity index (χ1) is 17.3. The van der Waals surface area contributed by atoms with Crippen molar-refractivity contribution in [3.05, 3.63) is 23.3 Å². The molecule has 1 aliphatic heterocycles. The lowest BCUT2D eigenvalue weighted by molar-refractivity contribution is -0.153. The van der Waals surface area contributed by atoms with E-state index < -0.39 is 0 Å². The molecule has 5 rings (SSSR count). The van der Waals surface area contributed by atoms with Gasteiger partial charge >= 0.3 is 11.9 Å². The maximum absolute atomic E-state index is 12.4. The van der Waals surface area contributed by atoms with E-state index in [4.69, 9.17) is 14.2 Å². The van der Waals surface area contributed by atoms with E-state index in [1.807, 2.05) is 0 Å². The fraction of sp³-hybridized carbons (Fsp3) is 0.812. The monoisotopic (exact) mass is 512 g/mol. The summed E-state index contributed by atoms with van der Waals surface area (Å²) in [7, 11) is 0. The molecule has 5 heteroatoms. The van der Waals surface area contributed by atoms with Crippen LogP contribution < -0.4 is 0 Å². The first-order valence-electron chi connectivity index (χ1n) is 14.8. The third kappa shape index (κ3) is 4.13. The molecule has 0 aromatic rings. The quantitative estimate of drug-likeness (QED) is 0.210. The van der Waals surface area contributed by atoms with E-state index in [-0.39, 0.29) is 46.7 Å². The van der Waals surface area contributed by atoms with Gasteiger partial charge in [-0.1, -0.05) is 52.3 Å². The lowest BCUT2D eigenvalue weighted by Crippen LogP contribution is -2.58. The summed E-state index contributed by atoms with van der Waals surface area (Å²) in [5, 5.41) is 0. The molecule has 5 nitrogen and oxygen atoms in total. The van der Waals surface area contributed by atoms with Crippen LogP contribution in [0.5, 0.6) is 0 Å². The van der Waals surface area contributed by atoms with Crippen molar-refractivity contribution in [2.75, 3.05) is 0 Å². The Morgan fingerprint density at radius 2 is 1.76 bits per heavy atom. The lowest BCUT2D eigenvalue weighted by atomic mass is 9.48. The highest BCUT2D eigenvalue weighted by molar-refractivity contribution is 5.67. The van der Waals surface area contributed by atoms with Gasteiger partial charge in [0.15, 0.2) is 6.10 Å². The summed E-state index contributed by atoms with van der Waals surface area (Å²) < 4.78 is 18.4. The average Bonchev–Trinajstić information content (AvgIpc) is 3.43. The summed E-state index contributed by atoms with van der Waals surface area (Å²) in [5.41, 5.74) is 4.10. The normalized spacial score (nSPS) is 42.8. The van der Waals surface area contributed by atoms with Crippen LogP contribution in [-0.2, 0) is 23.8 Å². The molecule has 1 spiro atoms. The molecule has 3 saturated carbocycles. The predicted molar refractivity (Wildman–Crippen MR) is 144 cm³/mol. The number of fused-ring (bicyclic) bond motifs is 3. The second-order valence-electron chi connectivity index (χ2n) is 13.8. The van der Waals surface area contributed by atoms with Crippen molar-refractivity contribution in [2.24, 2.45) is 34.5 Å². The Hall–Kier alpha value is -1.62. The van der Waals surface area contributed by atoms with Gasteiger partial charge in [-0.2, -0.15) is 0 Å². The van der Waals surface area contributed by atoms with Crippen LogP contribution in [0.25, 0.3) is 0 Å². The molecule has 0 bridgehead atoms. The van der Waals surface area contributed by atoms with Gasteiger partial charge in [-0.15, -0.1) is 0 Å². The minimum atomic E-state index is -0.365. The van der Waals surface area contributed by atoms with Gasteiger partial charge in [0.2, 0.25) is 0 Å². The molecule has 4 aliphatic carbocycles. The van der Waals surface area contributed by atoms with Crippen molar-refractivity contribution in [2.45, 2.75) is 130 Å². The number of epoxide rings is 1. The number of carbonyl (C=O) groups is 2. The Labute approximate surface area is 223 Å². The van der Waals surface area contributed by atoms with Gasteiger partial charge in [0.1, 0.15) is 17.8 Å². The van der Waals surface area contributed by atoms with E-state index in [0.29, 0.717) is 30.1 Å². The van der Waals surface area contributed by atoms with Crippen molar-refractivity contribution in [1.29, 1.82) is 0 Å². The Balaban J connectivity index is 1.47. The number of hydrogen-bond acceptors (Lipinski definition) is 5. The zero-order valence-electron chi connectivity index (χ0n) is 24.2. The molecule has 0 radical (unpaired) electrons. The van der Waals surface area contributed by atoms with Crippen LogP contribution in [0.1, 0.15) is 106 Å². The summed E-state index contributed by atoms with van der Waals surface area (Å²) in [5.74, 6) is 1.72. The maximum atomic E-state index is 12.4. The summed E-state index contributed by atoms with van der Waals surface area (Å²) in [6.45, 7) is 19.2. The minimum absolute atomic E-state index is 0.0205. The molecule has 1 saturated heterocycles. The molecule has 206 valence electrons. The van der Waals surface area contributed by atoms with E-state index in [1.54, 1.807) is 5.57 Å². The highest BCUT2D eigenvalue weighted by Crippen LogP contribution is 2.73. The maximum Gasteiger partial charge on any atom is 0.303 e. The molecule has 0 unspecified atom stereocenters. The van der Waals surface area contributed by atoms with E-state index in [9.17, 15) is 9.59 Å². The third-order valence-corrected chi connectivity index (χ3v) is 11.5. The van der Waals surface area contributed by atoms with Crippen LogP contribution in [0.3, 0.4) is 0 Å². The topological polar surface area (TPSA) is 65.1 Å². The fourth-order valence-corrected chi connectivity index (χ4v) is 9.34. The number of hydrogen-bond donors (Lipinski definition) is 0. The molecular formula is C32H48O5. The van der Waals surface area contributed by atoms with E-state index in [1.165, 1.54) is 44.3 Å². The molecule has 4 fully saturated rings. The number of allylic oxidation sites excluding steroid dienone is 2. The van der Waals surface area contributed by atoms with Gasteiger partial charge in [0.05, 0.1) is 0 Å². The molecule has 0 amide bonds. The smallest absolute Gasteiger partial charge is 0.303 e. The first kappa shape index (κ1) is 27.0. The van der Waals surface area contributed by atoms with E-state index in [0.717, 1.165) is 32.1 Å². The second kappa shape index (κ2) is 9.24. The summed E-state index contributed by atoms with van der Waals surface area (Å²) >= 11 is 0. The largest absolute Gasteiger partial charge is 0.462 e. The van der Waals surface area contributed by atoms with Crippen molar-refractivity contribution in [3.8, 4) is 0 Å². The van der Waals surface area contributed by atoms with Crippen LogP contribution >= 0.6 is 0 Å². The van der Waals surface area contributed by atoms with Gasteiger partial charge in [0.25, 0.3) is 0 Å². The molecular weight excluding hydrogens is 464 g/mol. The zero-order chi connectivity index (χ0) is 26.9. The standard InChI is InChI=1S/C32H48O5/c1-18(2)19(3)9-10-20(4)24-11-12-25-27-26(14-15-30(24,25)7)31(8)16-13-23(35-21(5)33)17-32(31)29(37-32)28(27)36-22(6)34/h18,20,23-24,26,28-29H,3,9-17H2,1-2,4-8H3/t20-,23+,24-,26+,28+,29+,30-,31-,32+/m1/s1. The Bertz CT molecular complexity index is 1010. The van der Waals surface area contributed by atoms with Crippen molar-refractivity contribution in [1.82, 2.24) is 0 Å². The Kier molecular flexibility index (Phi) is 6.74. The number of carbonyl (C=O) groups excluding carboxylic acids is 2. The van der Waals surface area contributed by atoms with Crippen LogP contribution in [0.15, 0.2) is 23.3 Å². The van der Waals surface area contributed by atoms with Crippen LogP contribution in [-0.4, -0.2) is 35.9 Å². The molecule has 0 N–H and O–H groups in total. The fourth-order valence-electron chi connectivity index (χ4n) is 9.34. The molecule has 0 aromatic carbocycles. The van der Waals surface area contributed by atoms with Crippen LogP contribution in [0.2, 0.25) is 0 Å². The van der Waals surface area contributed by atoms with Gasteiger partial charge in [-0.05, 0) is 86.0 Å². The Morgan fingerprint density at radius 1 is 1.05 bits per heavy atom. The molecule has 37 heavy (non-hydrogen) atoms. The highest BCUT2D eigenvalue weighted by atomic mass is 16.7.